The highest BCUT2D eigenvalue weighted by Gasteiger charge is 2.32. The number of nitro benzene ring substituents is 1. The third kappa shape index (κ3) is 5.19. The van der Waals surface area contributed by atoms with Crippen LogP contribution in [0.15, 0.2) is 16.6 Å². The average Bonchev–Trinajstić information content (AvgIpc) is 2.42. The van der Waals surface area contributed by atoms with Gasteiger partial charge in [-0.3, -0.25) is 19.8 Å². The second-order valence-corrected chi connectivity index (χ2v) is 6.87. The summed E-state index contributed by atoms with van der Waals surface area (Å²) in [7, 11) is 1.16. The topological polar surface area (TPSA) is 99.0 Å². The van der Waals surface area contributed by atoms with Gasteiger partial charge in [0.2, 0.25) is 0 Å². The fourth-order valence-electron chi connectivity index (χ4n) is 1.87. The molecule has 132 valence electrons. The normalized spacial score (nSPS) is 10.9. The summed E-state index contributed by atoms with van der Waals surface area (Å²) in [6.07, 6.45) is -0.888. The zero-order valence-corrected chi connectivity index (χ0v) is 15.7. The van der Waals surface area contributed by atoms with Crippen LogP contribution >= 0.6 is 15.9 Å². The largest absolute Gasteiger partial charge is 0.468 e. The summed E-state index contributed by atoms with van der Waals surface area (Å²) in [5.74, 6) is -0.734. The van der Waals surface area contributed by atoms with Gasteiger partial charge in [0.05, 0.1) is 12.0 Å². The Morgan fingerprint density at radius 3 is 2.38 bits per heavy atom. The number of benzene rings is 1. The van der Waals surface area contributed by atoms with Gasteiger partial charge in [0.25, 0.3) is 5.69 Å². The highest BCUT2D eigenvalue weighted by molar-refractivity contribution is 9.10. The average molecular weight is 403 g/mol. The fourth-order valence-corrected chi connectivity index (χ4v) is 2.65. The fraction of sp³-hybridized carbons (Fsp3) is 0.467. The minimum Gasteiger partial charge on any atom is -0.468 e. The summed E-state index contributed by atoms with van der Waals surface area (Å²) in [5.41, 5.74) is -0.598. The molecule has 0 unspecified atom stereocenters. The molecule has 0 spiro atoms. The molecule has 0 saturated carbocycles. The Morgan fingerprint density at radius 2 is 1.92 bits per heavy atom. The molecule has 0 radical (unpaired) electrons. The van der Waals surface area contributed by atoms with Crippen LogP contribution in [0.5, 0.6) is 0 Å². The van der Waals surface area contributed by atoms with Crippen LogP contribution in [0.25, 0.3) is 0 Å². The van der Waals surface area contributed by atoms with Crippen molar-refractivity contribution in [2.24, 2.45) is 0 Å². The molecule has 1 aromatic carbocycles. The molecule has 0 aliphatic rings. The number of esters is 1. The van der Waals surface area contributed by atoms with Gasteiger partial charge in [0.15, 0.2) is 0 Å². The van der Waals surface area contributed by atoms with Gasteiger partial charge >= 0.3 is 12.1 Å². The number of rotatable bonds is 4. The van der Waals surface area contributed by atoms with E-state index in [0.717, 1.165) is 12.0 Å². The van der Waals surface area contributed by atoms with Crippen molar-refractivity contribution in [1.82, 2.24) is 0 Å². The molecule has 24 heavy (non-hydrogen) atoms. The Labute approximate surface area is 148 Å². The number of halogens is 1. The van der Waals surface area contributed by atoms with E-state index in [-0.39, 0.29) is 11.4 Å². The summed E-state index contributed by atoms with van der Waals surface area (Å²) < 4.78 is 10.1. The van der Waals surface area contributed by atoms with E-state index in [1.54, 1.807) is 33.8 Å². The second-order valence-electron chi connectivity index (χ2n) is 6.01. The Balaban J connectivity index is 3.47. The first kappa shape index (κ1) is 19.9. The summed E-state index contributed by atoms with van der Waals surface area (Å²) in [6, 6.07) is 2.92. The van der Waals surface area contributed by atoms with Crippen molar-refractivity contribution in [2.45, 2.75) is 33.3 Å². The molecule has 0 aliphatic carbocycles. The molecule has 1 amide bonds. The maximum atomic E-state index is 12.5. The van der Waals surface area contributed by atoms with Crippen molar-refractivity contribution in [3.63, 3.8) is 0 Å². The number of ether oxygens (including phenoxy) is 2. The van der Waals surface area contributed by atoms with Gasteiger partial charge in [-0.05, 0) is 55.3 Å². The van der Waals surface area contributed by atoms with Crippen molar-refractivity contribution in [2.75, 3.05) is 18.6 Å². The van der Waals surface area contributed by atoms with E-state index in [9.17, 15) is 19.7 Å². The Hall–Kier alpha value is -2.16. The molecule has 0 atom stereocenters. The van der Waals surface area contributed by atoms with Crippen LogP contribution in [-0.4, -0.2) is 36.2 Å². The van der Waals surface area contributed by atoms with Gasteiger partial charge in [-0.15, -0.1) is 0 Å². The molecule has 0 fully saturated rings. The minimum atomic E-state index is -0.888. The van der Waals surface area contributed by atoms with Crippen molar-refractivity contribution < 1.29 is 24.0 Å². The summed E-state index contributed by atoms with van der Waals surface area (Å²) in [5, 5.41) is 11.4. The van der Waals surface area contributed by atoms with Gasteiger partial charge in [0.1, 0.15) is 17.8 Å². The number of amides is 1. The molecule has 0 N–H and O–H groups in total. The zero-order chi connectivity index (χ0) is 18.7. The van der Waals surface area contributed by atoms with Crippen molar-refractivity contribution >= 4 is 39.4 Å². The maximum Gasteiger partial charge on any atom is 0.415 e. The number of nitrogens with zero attached hydrogens (tertiary/aromatic N) is 2. The number of hydrogen-bond acceptors (Lipinski definition) is 6. The standard InChI is InChI=1S/C15H19BrN2O6/c1-9-6-10(16)13(11(7-9)18(21)22)17(8-12(19)23-5)14(20)24-15(2,3)4/h6-7H,8H2,1-5H3. The van der Waals surface area contributed by atoms with Crippen molar-refractivity contribution in [1.29, 1.82) is 0 Å². The second kappa shape index (κ2) is 7.61. The zero-order valence-electron chi connectivity index (χ0n) is 14.1. The quantitative estimate of drug-likeness (QED) is 0.433. The molecular formula is C15H19BrN2O6. The number of nitro groups is 1. The molecule has 0 heterocycles. The van der Waals surface area contributed by atoms with Crippen LogP contribution < -0.4 is 4.90 Å². The van der Waals surface area contributed by atoms with Gasteiger partial charge < -0.3 is 9.47 Å². The van der Waals surface area contributed by atoms with E-state index < -0.39 is 29.1 Å². The third-order valence-corrected chi connectivity index (χ3v) is 3.39. The first-order valence-electron chi connectivity index (χ1n) is 6.98. The first-order chi connectivity index (χ1) is 11.0. The van der Waals surface area contributed by atoms with E-state index in [4.69, 9.17) is 4.74 Å². The molecule has 0 aromatic heterocycles. The first-order valence-corrected chi connectivity index (χ1v) is 7.77. The number of carbonyl (C=O) groups is 2. The highest BCUT2D eigenvalue weighted by Crippen LogP contribution is 2.37. The van der Waals surface area contributed by atoms with Crippen LogP contribution in [0, 0.1) is 17.0 Å². The monoisotopic (exact) mass is 402 g/mol. The lowest BCUT2D eigenvalue weighted by atomic mass is 10.1. The number of carbonyl (C=O) groups excluding carboxylic acids is 2. The highest BCUT2D eigenvalue weighted by atomic mass is 79.9. The molecule has 0 saturated heterocycles. The summed E-state index contributed by atoms with van der Waals surface area (Å²) >= 11 is 3.22. The smallest absolute Gasteiger partial charge is 0.415 e. The number of aryl methyl sites for hydroxylation is 1. The van der Waals surface area contributed by atoms with E-state index in [0.29, 0.717) is 10.0 Å². The van der Waals surface area contributed by atoms with Crippen molar-refractivity contribution in [3.8, 4) is 0 Å². The molecule has 1 rings (SSSR count). The summed E-state index contributed by atoms with van der Waals surface area (Å²) in [6.45, 7) is 6.12. The predicted octanol–water partition coefficient (Wildman–Crippen LogP) is 3.58. The number of methoxy groups -OCH3 is 1. The lowest BCUT2D eigenvalue weighted by Crippen LogP contribution is -2.40. The lowest BCUT2D eigenvalue weighted by Gasteiger charge is -2.27. The SMILES string of the molecule is COC(=O)CN(C(=O)OC(C)(C)C)c1c(Br)cc(C)cc1[N+](=O)[O-]. The van der Waals surface area contributed by atoms with Gasteiger partial charge in [-0.1, -0.05) is 0 Å². The number of hydrogen-bond donors (Lipinski definition) is 0. The Morgan fingerprint density at radius 1 is 1.33 bits per heavy atom. The van der Waals surface area contributed by atoms with Crippen LogP contribution in [0.1, 0.15) is 26.3 Å². The molecular weight excluding hydrogens is 384 g/mol. The minimum absolute atomic E-state index is 0.0646. The molecule has 1 aromatic rings. The van der Waals surface area contributed by atoms with Gasteiger partial charge in [0, 0.05) is 10.5 Å². The van der Waals surface area contributed by atoms with E-state index >= 15 is 0 Å². The number of anilines is 1. The van der Waals surface area contributed by atoms with Crippen LogP contribution in [0.2, 0.25) is 0 Å². The Bertz CT molecular complexity index is 669. The van der Waals surface area contributed by atoms with E-state index in [1.165, 1.54) is 6.07 Å². The summed E-state index contributed by atoms with van der Waals surface area (Å²) in [4.78, 5) is 35.8. The van der Waals surface area contributed by atoms with Gasteiger partial charge in [-0.25, -0.2) is 4.79 Å². The van der Waals surface area contributed by atoms with Crippen molar-refractivity contribution in [3.05, 3.63) is 32.3 Å². The van der Waals surface area contributed by atoms with Crippen LogP contribution in [0.3, 0.4) is 0 Å². The van der Waals surface area contributed by atoms with Crippen LogP contribution in [0.4, 0.5) is 16.2 Å². The predicted molar refractivity (Wildman–Crippen MR) is 91.1 cm³/mol. The maximum absolute atomic E-state index is 12.5. The molecule has 0 bridgehead atoms. The molecule has 9 heteroatoms. The molecule has 0 aliphatic heterocycles. The molecule has 8 nitrogen and oxygen atoms in total. The Kier molecular flexibility index (Phi) is 6.30. The van der Waals surface area contributed by atoms with Crippen LogP contribution in [-0.2, 0) is 14.3 Å². The van der Waals surface area contributed by atoms with E-state index in [1.807, 2.05) is 0 Å². The van der Waals surface area contributed by atoms with E-state index in [2.05, 4.69) is 20.7 Å². The third-order valence-electron chi connectivity index (χ3n) is 2.78. The van der Waals surface area contributed by atoms with Gasteiger partial charge in [-0.2, -0.15) is 0 Å². The lowest BCUT2D eigenvalue weighted by molar-refractivity contribution is -0.384.